The lowest BCUT2D eigenvalue weighted by molar-refractivity contribution is 0.246. The Balaban J connectivity index is 1.39. The van der Waals surface area contributed by atoms with Crippen molar-refractivity contribution in [1.82, 2.24) is 4.90 Å². The van der Waals surface area contributed by atoms with Crippen molar-refractivity contribution in [2.75, 3.05) is 38.2 Å². The third-order valence-corrected chi connectivity index (χ3v) is 6.58. The van der Waals surface area contributed by atoms with Crippen molar-refractivity contribution in [3.8, 4) is 22.6 Å². The summed E-state index contributed by atoms with van der Waals surface area (Å²) in [7, 11) is 1.60. The lowest BCUT2D eigenvalue weighted by Crippen LogP contribution is -2.46. The van der Waals surface area contributed by atoms with Gasteiger partial charge in [0.15, 0.2) is 0 Å². The summed E-state index contributed by atoms with van der Waals surface area (Å²) >= 11 is 6.14. The predicted molar refractivity (Wildman–Crippen MR) is 135 cm³/mol. The molecule has 174 valence electrons. The summed E-state index contributed by atoms with van der Waals surface area (Å²) in [6.45, 7) is 3.82. The van der Waals surface area contributed by atoms with Crippen LogP contribution in [0.4, 0.5) is 5.69 Å². The third kappa shape index (κ3) is 4.34. The molecule has 2 heterocycles. The van der Waals surface area contributed by atoms with E-state index in [4.69, 9.17) is 20.8 Å². The maximum Gasteiger partial charge on any atom is 0.200 e. The van der Waals surface area contributed by atoms with Crippen LogP contribution in [0.2, 0.25) is 5.02 Å². The topological polar surface area (TPSA) is 66.2 Å². The van der Waals surface area contributed by atoms with E-state index >= 15 is 0 Å². The van der Waals surface area contributed by atoms with Crippen LogP contribution in [0.15, 0.2) is 76.1 Å². The fourth-order valence-electron chi connectivity index (χ4n) is 4.43. The molecule has 1 saturated heterocycles. The average Bonchev–Trinajstić information content (AvgIpc) is 2.86. The van der Waals surface area contributed by atoms with Crippen LogP contribution < -0.4 is 15.1 Å². The molecule has 3 aromatic carbocycles. The highest BCUT2D eigenvalue weighted by Crippen LogP contribution is 2.30. The summed E-state index contributed by atoms with van der Waals surface area (Å²) in [6.07, 6.45) is 1.48. The SMILES string of the molecule is COc1ccc(-c2coc3c(CN4CCN(c5cccc(Cl)c5)CC4)c(O)ccc3c2=O)cc1. The monoisotopic (exact) mass is 476 g/mol. The van der Waals surface area contributed by atoms with Gasteiger partial charge in [-0.1, -0.05) is 29.8 Å². The molecular formula is C27H25ClN2O4. The molecule has 0 amide bonds. The molecule has 6 nitrogen and oxygen atoms in total. The van der Waals surface area contributed by atoms with E-state index in [0.29, 0.717) is 28.6 Å². The molecule has 1 aromatic heterocycles. The minimum Gasteiger partial charge on any atom is -0.507 e. The fourth-order valence-corrected chi connectivity index (χ4v) is 4.61. The summed E-state index contributed by atoms with van der Waals surface area (Å²) in [6, 6.07) is 18.4. The molecule has 0 bridgehead atoms. The molecule has 0 aliphatic carbocycles. The van der Waals surface area contributed by atoms with E-state index in [0.717, 1.165) is 48.2 Å². The summed E-state index contributed by atoms with van der Waals surface area (Å²) < 4.78 is 11.1. The summed E-state index contributed by atoms with van der Waals surface area (Å²) in [5, 5.41) is 11.8. The van der Waals surface area contributed by atoms with Crippen LogP contribution in [0, 0.1) is 0 Å². The smallest absolute Gasteiger partial charge is 0.200 e. The molecule has 0 atom stereocenters. The van der Waals surface area contributed by atoms with E-state index in [1.54, 1.807) is 19.2 Å². The van der Waals surface area contributed by atoms with Crippen LogP contribution in [0.1, 0.15) is 5.56 Å². The predicted octanol–water partition coefficient (Wildman–Crippen LogP) is 5.15. The van der Waals surface area contributed by atoms with Gasteiger partial charge >= 0.3 is 0 Å². The Morgan fingerprint density at radius 1 is 1.03 bits per heavy atom. The van der Waals surface area contributed by atoms with Gasteiger partial charge in [-0.15, -0.1) is 0 Å². The van der Waals surface area contributed by atoms with Gasteiger partial charge < -0.3 is 19.2 Å². The second kappa shape index (κ2) is 9.41. The van der Waals surface area contributed by atoms with Gasteiger partial charge in [0.1, 0.15) is 23.3 Å². The quantitative estimate of drug-likeness (QED) is 0.429. The number of phenolic OH excluding ortho intramolecular Hbond substituents is 1. The Morgan fingerprint density at radius 2 is 1.79 bits per heavy atom. The Morgan fingerprint density at radius 3 is 2.50 bits per heavy atom. The van der Waals surface area contributed by atoms with Crippen molar-refractivity contribution in [2.24, 2.45) is 0 Å². The van der Waals surface area contributed by atoms with Gasteiger partial charge in [0.25, 0.3) is 0 Å². The number of benzene rings is 3. The fraction of sp³-hybridized carbons (Fsp3) is 0.222. The van der Waals surface area contributed by atoms with E-state index in [2.05, 4.69) is 15.9 Å². The third-order valence-electron chi connectivity index (χ3n) is 6.35. The van der Waals surface area contributed by atoms with Gasteiger partial charge in [-0.2, -0.15) is 0 Å². The van der Waals surface area contributed by atoms with E-state index in [1.807, 2.05) is 42.5 Å². The van der Waals surface area contributed by atoms with E-state index in [9.17, 15) is 9.90 Å². The van der Waals surface area contributed by atoms with Gasteiger partial charge in [0.2, 0.25) is 5.43 Å². The minimum atomic E-state index is -0.126. The zero-order valence-corrected chi connectivity index (χ0v) is 19.6. The molecule has 1 aliphatic heterocycles. The summed E-state index contributed by atoms with van der Waals surface area (Å²) in [5.74, 6) is 0.849. The molecule has 5 rings (SSSR count). The first-order valence-corrected chi connectivity index (χ1v) is 11.5. The first-order valence-electron chi connectivity index (χ1n) is 11.2. The number of rotatable bonds is 5. The van der Waals surface area contributed by atoms with Crippen LogP contribution >= 0.6 is 11.6 Å². The van der Waals surface area contributed by atoms with Gasteiger partial charge in [-0.05, 0) is 48.0 Å². The van der Waals surface area contributed by atoms with Crippen LogP contribution in [0.3, 0.4) is 0 Å². The average molecular weight is 477 g/mol. The molecule has 1 N–H and O–H groups in total. The molecule has 0 radical (unpaired) electrons. The molecule has 34 heavy (non-hydrogen) atoms. The highest BCUT2D eigenvalue weighted by molar-refractivity contribution is 6.30. The zero-order valence-electron chi connectivity index (χ0n) is 18.8. The Labute approximate surface area is 202 Å². The van der Waals surface area contributed by atoms with Crippen molar-refractivity contribution >= 4 is 28.3 Å². The van der Waals surface area contributed by atoms with Crippen molar-refractivity contribution in [1.29, 1.82) is 0 Å². The van der Waals surface area contributed by atoms with Crippen molar-refractivity contribution in [2.45, 2.75) is 6.54 Å². The maximum atomic E-state index is 13.3. The number of ether oxygens (including phenoxy) is 1. The number of nitrogens with zero attached hydrogens (tertiary/aromatic N) is 2. The van der Waals surface area contributed by atoms with Crippen molar-refractivity contribution in [3.63, 3.8) is 0 Å². The minimum absolute atomic E-state index is 0.126. The lowest BCUT2D eigenvalue weighted by Gasteiger charge is -2.36. The number of phenols is 1. The second-order valence-corrected chi connectivity index (χ2v) is 8.83. The zero-order chi connectivity index (χ0) is 23.7. The van der Waals surface area contributed by atoms with Gasteiger partial charge in [-0.3, -0.25) is 9.69 Å². The van der Waals surface area contributed by atoms with Crippen LogP contribution in [0.5, 0.6) is 11.5 Å². The van der Waals surface area contributed by atoms with E-state index in [1.165, 1.54) is 6.26 Å². The first kappa shape index (κ1) is 22.3. The molecule has 0 saturated carbocycles. The number of aromatic hydroxyl groups is 1. The number of hydrogen-bond acceptors (Lipinski definition) is 6. The van der Waals surface area contributed by atoms with Gasteiger partial charge in [0.05, 0.1) is 23.6 Å². The Bertz CT molecular complexity index is 1380. The molecule has 1 fully saturated rings. The van der Waals surface area contributed by atoms with Crippen molar-refractivity contribution in [3.05, 3.63) is 87.7 Å². The highest BCUT2D eigenvalue weighted by atomic mass is 35.5. The van der Waals surface area contributed by atoms with Gasteiger partial charge in [0, 0.05) is 43.4 Å². The number of methoxy groups -OCH3 is 1. The number of fused-ring (bicyclic) bond motifs is 1. The van der Waals surface area contributed by atoms with Crippen LogP contribution in [0.25, 0.3) is 22.1 Å². The number of hydrogen-bond donors (Lipinski definition) is 1. The van der Waals surface area contributed by atoms with Crippen LogP contribution in [-0.4, -0.2) is 43.3 Å². The summed E-state index contributed by atoms with van der Waals surface area (Å²) in [4.78, 5) is 17.8. The molecule has 4 aromatic rings. The molecule has 7 heteroatoms. The standard InChI is InChI=1S/C27H25ClN2O4/c1-33-21-7-5-18(6-8-21)24-17-34-27-22(26(24)32)9-10-25(31)23(27)16-29-11-13-30(14-12-29)20-4-2-3-19(28)15-20/h2-10,15,17,31H,11-14,16H2,1H3. The number of anilines is 1. The normalized spacial score (nSPS) is 14.5. The van der Waals surface area contributed by atoms with E-state index < -0.39 is 0 Å². The Kier molecular flexibility index (Phi) is 6.18. The Hall–Kier alpha value is -3.48. The first-order chi connectivity index (χ1) is 16.5. The molecular weight excluding hydrogens is 452 g/mol. The summed E-state index contributed by atoms with van der Waals surface area (Å²) in [5.41, 5.74) is 3.27. The number of halogens is 1. The maximum absolute atomic E-state index is 13.3. The lowest BCUT2D eigenvalue weighted by atomic mass is 10.0. The second-order valence-electron chi connectivity index (χ2n) is 8.39. The molecule has 0 unspecified atom stereocenters. The van der Waals surface area contributed by atoms with E-state index in [-0.39, 0.29) is 11.2 Å². The highest BCUT2D eigenvalue weighted by Gasteiger charge is 2.21. The van der Waals surface area contributed by atoms with Crippen molar-refractivity contribution < 1.29 is 14.3 Å². The molecule has 1 aliphatic rings. The molecule has 0 spiro atoms. The largest absolute Gasteiger partial charge is 0.507 e. The number of piperazine rings is 1. The van der Waals surface area contributed by atoms with Crippen LogP contribution in [-0.2, 0) is 6.54 Å². The van der Waals surface area contributed by atoms with Gasteiger partial charge in [-0.25, -0.2) is 0 Å².